The molecule has 0 aliphatic heterocycles. The molecule has 0 aliphatic rings. The molecule has 1 atom stereocenters. The lowest BCUT2D eigenvalue weighted by Gasteiger charge is -2.15. The van der Waals surface area contributed by atoms with Crippen molar-refractivity contribution in [3.05, 3.63) is 23.7 Å². The molecule has 0 saturated carbocycles. The van der Waals surface area contributed by atoms with Crippen molar-refractivity contribution in [3.8, 4) is 0 Å². The second-order valence-corrected chi connectivity index (χ2v) is 3.63. The van der Waals surface area contributed by atoms with Crippen LogP contribution >= 0.6 is 0 Å². The summed E-state index contributed by atoms with van der Waals surface area (Å²) in [6.45, 7) is 1.26. The third kappa shape index (κ3) is 4.37. The van der Waals surface area contributed by atoms with Crippen LogP contribution in [0.5, 0.6) is 0 Å². The fourth-order valence-corrected chi connectivity index (χ4v) is 1.45. The van der Waals surface area contributed by atoms with E-state index in [0.717, 1.165) is 12.2 Å². The number of carbonyl (C=O) groups excluding carboxylic acids is 1. The number of halogens is 1. The number of alkyl carbamates (subject to hydrolysis) is 1. The molecule has 102 valence electrons. The summed E-state index contributed by atoms with van der Waals surface area (Å²) in [7, 11) is 1.52. The van der Waals surface area contributed by atoms with E-state index in [1.807, 2.05) is 13.0 Å². The molecule has 5 nitrogen and oxygen atoms in total. The first-order valence-corrected chi connectivity index (χ1v) is 5.78. The zero-order valence-corrected chi connectivity index (χ0v) is 10.6. The fourth-order valence-electron chi connectivity index (χ4n) is 1.45. The molecule has 18 heavy (non-hydrogen) atoms. The molecule has 0 aromatic carbocycles. The molecular weight excluding hydrogens is 241 g/mol. The molecule has 0 fully saturated rings. The summed E-state index contributed by atoms with van der Waals surface area (Å²) in [4.78, 5) is 11.3. The largest absolute Gasteiger partial charge is 0.464 e. The summed E-state index contributed by atoms with van der Waals surface area (Å²) in [6, 6.07) is 3.17. The van der Waals surface area contributed by atoms with Gasteiger partial charge >= 0.3 is 6.09 Å². The van der Waals surface area contributed by atoms with E-state index in [1.165, 1.54) is 7.11 Å². The molecule has 0 spiro atoms. The van der Waals surface area contributed by atoms with Crippen molar-refractivity contribution in [2.45, 2.75) is 19.4 Å². The van der Waals surface area contributed by atoms with E-state index in [-0.39, 0.29) is 13.2 Å². The van der Waals surface area contributed by atoms with Crippen molar-refractivity contribution < 1.29 is 23.1 Å². The van der Waals surface area contributed by atoms with Crippen molar-refractivity contribution in [2.24, 2.45) is 0 Å². The monoisotopic (exact) mass is 259 g/mol. The van der Waals surface area contributed by atoms with Gasteiger partial charge in [-0.05, 0) is 12.1 Å². The van der Waals surface area contributed by atoms with Gasteiger partial charge < -0.3 is 19.2 Å². The highest BCUT2D eigenvalue weighted by Crippen LogP contribution is 2.17. The van der Waals surface area contributed by atoms with E-state index in [0.29, 0.717) is 5.76 Å². The molecule has 1 heterocycles. The topological polar surface area (TPSA) is 60.7 Å². The Labute approximate surface area is 105 Å². The van der Waals surface area contributed by atoms with Crippen LogP contribution < -0.4 is 5.32 Å². The van der Waals surface area contributed by atoms with Crippen molar-refractivity contribution >= 4 is 6.09 Å². The van der Waals surface area contributed by atoms with E-state index >= 15 is 0 Å². The van der Waals surface area contributed by atoms with Crippen LogP contribution in [0.1, 0.15) is 24.5 Å². The highest BCUT2D eigenvalue weighted by molar-refractivity contribution is 5.67. The summed E-state index contributed by atoms with van der Waals surface area (Å²) in [6.07, 6.45) is 0.0792. The first-order chi connectivity index (χ1) is 8.71. The summed E-state index contributed by atoms with van der Waals surface area (Å²) >= 11 is 0. The maximum atomic E-state index is 11.9. The van der Waals surface area contributed by atoms with Crippen LogP contribution in [0.15, 0.2) is 16.5 Å². The number of nitrogens with one attached hydrogen (secondary N) is 1. The molecule has 0 radical (unpaired) electrons. The van der Waals surface area contributed by atoms with Crippen molar-refractivity contribution in [1.82, 2.24) is 5.32 Å². The number of alkyl halides is 1. The third-order valence-electron chi connectivity index (χ3n) is 2.31. The standard InChI is InChI=1S/C12H18FNO4/c1-3-9-4-5-11(18-9)10(8-16-2)14-12(15)17-7-6-13/h4-5,10H,3,6-8H2,1-2H3,(H,14,15)/t10-/m0/s1. The predicted octanol–water partition coefficient (Wildman–Crippen LogP) is 2.23. The molecule has 0 aliphatic carbocycles. The van der Waals surface area contributed by atoms with Crippen molar-refractivity contribution in [3.63, 3.8) is 0 Å². The number of aryl methyl sites for hydroxylation is 1. The van der Waals surface area contributed by atoms with Gasteiger partial charge in [-0.25, -0.2) is 9.18 Å². The first kappa shape index (κ1) is 14.5. The molecule has 1 rings (SSSR count). The molecule has 6 heteroatoms. The minimum absolute atomic E-state index is 0.251. The van der Waals surface area contributed by atoms with Crippen molar-refractivity contribution in [2.75, 3.05) is 27.0 Å². The van der Waals surface area contributed by atoms with Crippen LogP contribution in [-0.4, -0.2) is 33.1 Å². The Balaban J connectivity index is 2.61. The van der Waals surface area contributed by atoms with Crippen LogP contribution in [0.3, 0.4) is 0 Å². The summed E-state index contributed by atoms with van der Waals surface area (Å²) in [5.74, 6) is 1.41. The average Bonchev–Trinajstić information content (AvgIpc) is 2.84. The van der Waals surface area contributed by atoms with Crippen LogP contribution in [0, 0.1) is 0 Å². The predicted molar refractivity (Wildman–Crippen MR) is 63.2 cm³/mol. The van der Waals surface area contributed by atoms with Gasteiger partial charge in [-0.2, -0.15) is 0 Å². The lowest BCUT2D eigenvalue weighted by atomic mass is 10.2. The molecule has 1 N–H and O–H groups in total. The van der Waals surface area contributed by atoms with Crippen LogP contribution in [-0.2, 0) is 15.9 Å². The van der Waals surface area contributed by atoms with Gasteiger partial charge in [0.15, 0.2) is 0 Å². The van der Waals surface area contributed by atoms with E-state index in [1.54, 1.807) is 6.07 Å². The number of hydrogen-bond donors (Lipinski definition) is 1. The first-order valence-electron chi connectivity index (χ1n) is 5.78. The summed E-state index contributed by atoms with van der Waals surface area (Å²) < 4.78 is 27.0. The fraction of sp³-hybridized carbons (Fsp3) is 0.583. The Kier molecular flexibility index (Phi) is 6.21. The van der Waals surface area contributed by atoms with E-state index < -0.39 is 18.8 Å². The maximum absolute atomic E-state index is 11.9. The highest BCUT2D eigenvalue weighted by Gasteiger charge is 2.18. The Morgan fingerprint density at radius 1 is 1.56 bits per heavy atom. The minimum atomic E-state index is -0.705. The zero-order valence-electron chi connectivity index (χ0n) is 10.6. The van der Waals surface area contributed by atoms with E-state index in [2.05, 4.69) is 10.1 Å². The molecular formula is C12H18FNO4. The normalized spacial score (nSPS) is 12.2. The molecule has 0 unspecified atom stereocenters. The maximum Gasteiger partial charge on any atom is 0.407 e. The lowest BCUT2D eigenvalue weighted by Crippen LogP contribution is -2.32. The molecule has 1 aromatic rings. The number of ether oxygens (including phenoxy) is 2. The second kappa shape index (κ2) is 7.71. The average molecular weight is 259 g/mol. The number of amides is 1. The smallest absolute Gasteiger partial charge is 0.407 e. The van der Waals surface area contributed by atoms with Crippen LogP contribution in [0.25, 0.3) is 0 Å². The Morgan fingerprint density at radius 2 is 2.33 bits per heavy atom. The van der Waals surface area contributed by atoms with Gasteiger partial charge in [0.05, 0.1) is 6.61 Å². The van der Waals surface area contributed by atoms with Crippen molar-refractivity contribution in [1.29, 1.82) is 0 Å². The van der Waals surface area contributed by atoms with E-state index in [4.69, 9.17) is 9.15 Å². The Hall–Kier alpha value is -1.56. The Morgan fingerprint density at radius 3 is 2.89 bits per heavy atom. The number of hydrogen-bond acceptors (Lipinski definition) is 4. The SMILES string of the molecule is CCc1ccc([C@H](COC)NC(=O)OCCF)o1. The lowest BCUT2D eigenvalue weighted by molar-refractivity contribution is 0.115. The third-order valence-corrected chi connectivity index (χ3v) is 2.31. The van der Waals surface area contributed by atoms with Gasteiger partial charge in [0, 0.05) is 13.5 Å². The number of furan rings is 1. The molecule has 1 aromatic heterocycles. The summed E-state index contributed by atoms with van der Waals surface area (Å²) in [5.41, 5.74) is 0. The summed E-state index contributed by atoms with van der Waals surface area (Å²) in [5, 5.41) is 2.56. The van der Waals surface area contributed by atoms with Gasteiger partial charge in [-0.3, -0.25) is 0 Å². The molecule has 0 bridgehead atoms. The second-order valence-electron chi connectivity index (χ2n) is 3.63. The highest BCUT2D eigenvalue weighted by atomic mass is 19.1. The minimum Gasteiger partial charge on any atom is -0.464 e. The van der Waals surface area contributed by atoms with Gasteiger partial charge in [0.2, 0.25) is 0 Å². The molecule has 0 saturated heterocycles. The zero-order chi connectivity index (χ0) is 13.4. The van der Waals surface area contributed by atoms with Gasteiger partial charge in [0.1, 0.15) is 30.8 Å². The Bertz CT molecular complexity index is 367. The van der Waals surface area contributed by atoms with E-state index in [9.17, 15) is 9.18 Å². The van der Waals surface area contributed by atoms with Crippen LogP contribution in [0.4, 0.5) is 9.18 Å². The number of rotatable bonds is 7. The quantitative estimate of drug-likeness (QED) is 0.815. The van der Waals surface area contributed by atoms with Gasteiger partial charge in [-0.1, -0.05) is 6.92 Å². The van der Waals surface area contributed by atoms with Crippen LogP contribution in [0.2, 0.25) is 0 Å². The number of methoxy groups -OCH3 is 1. The molecule has 1 amide bonds. The van der Waals surface area contributed by atoms with Gasteiger partial charge in [0.25, 0.3) is 0 Å². The number of carbonyl (C=O) groups is 1. The van der Waals surface area contributed by atoms with Gasteiger partial charge in [-0.15, -0.1) is 0 Å².